The highest BCUT2D eigenvalue weighted by Gasteiger charge is 2.21. The predicted molar refractivity (Wildman–Crippen MR) is 83.4 cm³/mol. The monoisotopic (exact) mass is 293 g/mol. The van der Waals surface area contributed by atoms with Crippen LogP contribution in [0.2, 0.25) is 5.02 Å². The number of hydrogen-bond donors (Lipinski definition) is 1. The van der Waals surface area contributed by atoms with Gasteiger partial charge in [0.15, 0.2) is 0 Å². The minimum Gasteiger partial charge on any atom is -0.478 e. The third-order valence-corrected chi connectivity index (χ3v) is 4.20. The van der Waals surface area contributed by atoms with E-state index in [-0.39, 0.29) is 0 Å². The third-order valence-electron chi connectivity index (χ3n) is 3.90. The second-order valence-electron chi connectivity index (χ2n) is 5.25. The van der Waals surface area contributed by atoms with Gasteiger partial charge in [0, 0.05) is 19.2 Å². The van der Waals surface area contributed by atoms with Gasteiger partial charge < -0.3 is 10.0 Å². The van der Waals surface area contributed by atoms with E-state index in [0.717, 1.165) is 17.3 Å². The van der Waals surface area contributed by atoms with Crippen LogP contribution in [0.1, 0.15) is 37.7 Å². The number of benzene rings is 1. The van der Waals surface area contributed by atoms with E-state index in [4.69, 9.17) is 16.7 Å². The zero-order chi connectivity index (χ0) is 14.5. The SMILES string of the molecule is CN(c1c(Cl)cccc1/C=C/C(=O)O)C1CCCCC1. The molecule has 1 aromatic rings. The molecule has 1 N–H and O–H groups in total. The molecule has 0 heterocycles. The molecule has 4 heteroatoms. The van der Waals surface area contributed by atoms with Gasteiger partial charge in [-0.3, -0.25) is 0 Å². The van der Waals surface area contributed by atoms with Crippen LogP contribution in [0.25, 0.3) is 6.08 Å². The van der Waals surface area contributed by atoms with Crippen molar-refractivity contribution < 1.29 is 9.90 Å². The van der Waals surface area contributed by atoms with E-state index < -0.39 is 5.97 Å². The molecule has 1 fully saturated rings. The Hall–Kier alpha value is -1.48. The fourth-order valence-corrected chi connectivity index (χ4v) is 3.17. The van der Waals surface area contributed by atoms with Gasteiger partial charge in [-0.05, 0) is 30.5 Å². The van der Waals surface area contributed by atoms with Gasteiger partial charge in [0.2, 0.25) is 0 Å². The van der Waals surface area contributed by atoms with Crippen LogP contribution in [0.5, 0.6) is 0 Å². The maximum absolute atomic E-state index is 10.7. The van der Waals surface area contributed by atoms with Crippen LogP contribution in [-0.4, -0.2) is 24.2 Å². The minimum atomic E-state index is -0.948. The molecule has 0 spiro atoms. The highest BCUT2D eigenvalue weighted by atomic mass is 35.5. The van der Waals surface area contributed by atoms with Gasteiger partial charge in [-0.15, -0.1) is 0 Å². The van der Waals surface area contributed by atoms with Crippen LogP contribution < -0.4 is 4.90 Å². The van der Waals surface area contributed by atoms with Crippen LogP contribution in [0.15, 0.2) is 24.3 Å². The molecule has 0 saturated heterocycles. The summed E-state index contributed by atoms with van der Waals surface area (Å²) in [5, 5.41) is 9.46. The quantitative estimate of drug-likeness (QED) is 0.846. The van der Waals surface area contributed by atoms with Crippen molar-refractivity contribution in [3.8, 4) is 0 Å². The molecule has 0 amide bonds. The van der Waals surface area contributed by atoms with E-state index in [2.05, 4.69) is 11.9 Å². The van der Waals surface area contributed by atoms with Crippen LogP contribution >= 0.6 is 11.6 Å². The molecule has 20 heavy (non-hydrogen) atoms. The molecule has 1 aromatic carbocycles. The molecule has 1 aliphatic rings. The Morgan fingerprint density at radius 2 is 2.05 bits per heavy atom. The Morgan fingerprint density at radius 1 is 1.35 bits per heavy atom. The number of halogens is 1. The number of nitrogens with zero attached hydrogens (tertiary/aromatic N) is 1. The second kappa shape index (κ2) is 6.80. The van der Waals surface area contributed by atoms with Crippen molar-refractivity contribution in [3.05, 3.63) is 34.9 Å². The number of hydrogen-bond acceptors (Lipinski definition) is 2. The highest BCUT2D eigenvalue weighted by Crippen LogP contribution is 2.34. The van der Waals surface area contributed by atoms with Gasteiger partial charge in [0.05, 0.1) is 10.7 Å². The first-order chi connectivity index (χ1) is 9.59. The van der Waals surface area contributed by atoms with Crippen molar-refractivity contribution in [1.82, 2.24) is 0 Å². The van der Waals surface area contributed by atoms with E-state index in [1.807, 2.05) is 18.2 Å². The van der Waals surface area contributed by atoms with Crippen molar-refractivity contribution in [2.75, 3.05) is 11.9 Å². The molecule has 0 bridgehead atoms. The average Bonchev–Trinajstić information content (AvgIpc) is 2.45. The molecule has 2 rings (SSSR count). The Labute approximate surface area is 124 Å². The predicted octanol–water partition coefficient (Wildman–Crippen LogP) is 4.21. The van der Waals surface area contributed by atoms with Gasteiger partial charge in [-0.1, -0.05) is 43.0 Å². The molecule has 1 saturated carbocycles. The summed E-state index contributed by atoms with van der Waals surface area (Å²) in [4.78, 5) is 12.9. The lowest BCUT2D eigenvalue weighted by atomic mass is 9.93. The Morgan fingerprint density at radius 3 is 2.70 bits per heavy atom. The first-order valence-electron chi connectivity index (χ1n) is 7.02. The second-order valence-corrected chi connectivity index (χ2v) is 5.66. The number of rotatable bonds is 4. The van der Waals surface area contributed by atoms with Gasteiger partial charge in [0.1, 0.15) is 0 Å². The lowest BCUT2D eigenvalue weighted by Crippen LogP contribution is -2.34. The number of aliphatic carboxylic acids is 1. The van der Waals surface area contributed by atoms with Crippen molar-refractivity contribution in [2.24, 2.45) is 0 Å². The normalized spacial score (nSPS) is 16.5. The van der Waals surface area contributed by atoms with Gasteiger partial charge >= 0.3 is 5.97 Å². The lowest BCUT2D eigenvalue weighted by molar-refractivity contribution is -0.131. The van der Waals surface area contributed by atoms with E-state index >= 15 is 0 Å². The molecule has 0 unspecified atom stereocenters. The van der Waals surface area contributed by atoms with Crippen molar-refractivity contribution in [1.29, 1.82) is 0 Å². The topological polar surface area (TPSA) is 40.5 Å². The first-order valence-corrected chi connectivity index (χ1v) is 7.39. The molecule has 0 radical (unpaired) electrons. The average molecular weight is 294 g/mol. The zero-order valence-electron chi connectivity index (χ0n) is 11.7. The smallest absolute Gasteiger partial charge is 0.328 e. The maximum Gasteiger partial charge on any atom is 0.328 e. The number of carboxylic acid groups (broad SMARTS) is 1. The number of carbonyl (C=O) groups is 1. The fourth-order valence-electron chi connectivity index (χ4n) is 2.85. The summed E-state index contributed by atoms with van der Waals surface area (Å²) in [6, 6.07) is 6.09. The maximum atomic E-state index is 10.7. The fraction of sp³-hybridized carbons (Fsp3) is 0.438. The summed E-state index contributed by atoms with van der Waals surface area (Å²) in [6.07, 6.45) is 8.92. The van der Waals surface area contributed by atoms with E-state index in [1.54, 1.807) is 6.08 Å². The Bertz CT molecular complexity index is 507. The van der Waals surface area contributed by atoms with E-state index in [0.29, 0.717) is 11.1 Å². The molecule has 108 valence electrons. The van der Waals surface area contributed by atoms with Crippen LogP contribution in [-0.2, 0) is 4.79 Å². The summed E-state index contributed by atoms with van der Waals surface area (Å²) >= 11 is 6.34. The standard InChI is InChI=1S/C16H20ClNO2/c1-18(13-7-3-2-4-8-13)16-12(10-11-15(19)20)6-5-9-14(16)17/h5-6,9-11,13H,2-4,7-8H2,1H3,(H,19,20)/b11-10+. The molecule has 0 atom stereocenters. The Kier molecular flexibility index (Phi) is 5.07. The summed E-state index contributed by atoms with van der Waals surface area (Å²) < 4.78 is 0. The van der Waals surface area contributed by atoms with Crippen LogP contribution in [0.4, 0.5) is 5.69 Å². The minimum absolute atomic E-state index is 0.487. The third kappa shape index (κ3) is 3.54. The number of anilines is 1. The van der Waals surface area contributed by atoms with Crippen molar-refractivity contribution in [3.63, 3.8) is 0 Å². The summed E-state index contributed by atoms with van der Waals surface area (Å²) in [5.74, 6) is -0.948. The Balaban J connectivity index is 2.30. The summed E-state index contributed by atoms with van der Waals surface area (Å²) in [6.45, 7) is 0. The molecule has 0 aromatic heterocycles. The molecular weight excluding hydrogens is 274 g/mol. The van der Waals surface area contributed by atoms with Gasteiger partial charge in [-0.2, -0.15) is 0 Å². The molecule has 0 aliphatic heterocycles. The molecular formula is C16H20ClNO2. The summed E-state index contributed by atoms with van der Waals surface area (Å²) in [5.41, 5.74) is 1.78. The van der Waals surface area contributed by atoms with Crippen molar-refractivity contribution >= 4 is 29.3 Å². The van der Waals surface area contributed by atoms with Gasteiger partial charge in [0.25, 0.3) is 0 Å². The van der Waals surface area contributed by atoms with Crippen LogP contribution in [0.3, 0.4) is 0 Å². The lowest BCUT2D eigenvalue weighted by Gasteiger charge is -2.34. The van der Waals surface area contributed by atoms with E-state index in [9.17, 15) is 4.79 Å². The first kappa shape index (κ1) is 14.9. The molecule has 1 aliphatic carbocycles. The number of carboxylic acids is 1. The largest absolute Gasteiger partial charge is 0.478 e. The molecule has 3 nitrogen and oxygen atoms in total. The zero-order valence-corrected chi connectivity index (χ0v) is 12.4. The van der Waals surface area contributed by atoms with Crippen molar-refractivity contribution in [2.45, 2.75) is 38.1 Å². The highest BCUT2D eigenvalue weighted by molar-refractivity contribution is 6.33. The number of para-hydroxylation sites is 1. The van der Waals surface area contributed by atoms with Gasteiger partial charge in [-0.25, -0.2) is 4.79 Å². The summed E-state index contributed by atoms with van der Waals surface area (Å²) in [7, 11) is 2.05. The van der Waals surface area contributed by atoms with E-state index in [1.165, 1.54) is 32.1 Å². The van der Waals surface area contributed by atoms with Crippen LogP contribution in [0, 0.1) is 0 Å².